The van der Waals surface area contributed by atoms with Crippen molar-refractivity contribution in [2.45, 2.75) is 6.92 Å². The molecule has 0 spiro atoms. The number of terminal acetylenes is 1. The highest BCUT2D eigenvalue weighted by Crippen LogP contribution is 1.93. The molecule has 0 aliphatic heterocycles. The van der Waals surface area contributed by atoms with Crippen molar-refractivity contribution in [1.82, 2.24) is 0 Å². The molecular weight excluding hydrogens is 106 g/mol. The molecule has 0 aliphatic carbocycles. The fourth-order valence-electron chi connectivity index (χ4n) is 0.137. The molecule has 0 rings (SSSR count). The molecular formula is C5H7NS. The minimum atomic E-state index is 0.933. The van der Waals surface area contributed by atoms with Crippen LogP contribution in [-0.4, -0.2) is 11.3 Å². The summed E-state index contributed by atoms with van der Waals surface area (Å²) in [6, 6.07) is 2.19. The predicted octanol–water partition coefficient (Wildman–Crippen LogP) is 1.36. The Balaban J connectivity index is 3.56. The van der Waals surface area contributed by atoms with Crippen LogP contribution in [0.1, 0.15) is 6.92 Å². The quantitative estimate of drug-likeness (QED) is 0.262. The Kier molecular flexibility index (Phi) is 3.53. The first-order chi connectivity index (χ1) is 3.31. The van der Waals surface area contributed by atoms with Crippen molar-refractivity contribution in [2.24, 2.45) is 4.99 Å². The van der Waals surface area contributed by atoms with E-state index in [1.807, 2.05) is 13.2 Å². The topological polar surface area (TPSA) is 12.4 Å². The molecule has 0 atom stereocenters. The lowest BCUT2D eigenvalue weighted by molar-refractivity contribution is 1.68. The summed E-state index contributed by atoms with van der Waals surface area (Å²) < 4.78 is 0. The van der Waals surface area contributed by atoms with Crippen LogP contribution in [-0.2, 0) is 0 Å². The van der Waals surface area contributed by atoms with Gasteiger partial charge in [0.25, 0.3) is 0 Å². The van der Waals surface area contributed by atoms with Gasteiger partial charge >= 0.3 is 0 Å². The molecule has 0 aromatic carbocycles. The van der Waals surface area contributed by atoms with Crippen LogP contribution in [0, 0.1) is 12.5 Å². The third kappa shape index (κ3) is 3.41. The third-order valence-electron chi connectivity index (χ3n) is 0.517. The SMILES string of the molecule is C#C/N=C(/C)SC. The third-order valence-corrected chi connectivity index (χ3v) is 1.20. The number of rotatable bonds is 0. The molecule has 38 valence electrons. The van der Waals surface area contributed by atoms with E-state index in [2.05, 4.69) is 11.0 Å². The molecule has 1 nitrogen and oxygen atoms in total. The van der Waals surface area contributed by atoms with Crippen LogP contribution in [0.4, 0.5) is 0 Å². The van der Waals surface area contributed by atoms with Gasteiger partial charge in [-0.25, -0.2) is 0 Å². The molecule has 0 bridgehead atoms. The molecule has 0 N–H and O–H groups in total. The molecule has 0 fully saturated rings. The summed E-state index contributed by atoms with van der Waals surface area (Å²) in [6.07, 6.45) is 6.79. The lowest BCUT2D eigenvalue weighted by Crippen LogP contribution is -1.76. The Hall–Kier alpha value is -0.420. The maximum atomic E-state index is 4.85. The fraction of sp³-hybridized carbons (Fsp3) is 0.400. The normalized spacial score (nSPS) is 10.7. The summed E-state index contributed by atoms with van der Waals surface area (Å²) in [5, 5.41) is 0.933. The van der Waals surface area contributed by atoms with E-state index >= 15 is 0 Å². The summed E-state index contributed by atoms with van der Waals surface area (Å²) in [7, 11) is 0. The van der Waals surface area contributed by atoms with E-state index in [0.29, 0.717) is 0 Å². The van der Waals surface area contributed by atoms with Crippen LogP contribution in [0.15, 0.2) is 4.99 Å². The fourth-order valence-corrected chi connectivity index (χ4v) is 0.281. The maximum Gasteiger partial charge on any atom is 0.0805 e. The second-order valence-electron chi connectivity index (χ2n) is 0.964. The summed E-state index contributed by atoms with van der Waals surface area (Å²) >= 11 is 1.56. The van der Waals surface area contributed by atoms with E-state index in [4.69, 9.17) is 6.42 Å². The van der Waals surface area contributed by atoms with Gasteiger partial charge in [0.15, 0.2) is 0 Å². The molecule has 0 aromatic rings. The van der Waals surface area contributed by atoms with Crippen LogP contribution >= 0.6 is 11.8 Å². The van der Waals surface area contributed by atoms with Crippen LogP contribution in [0.3, 0.4) is 0 Å². The van der Waals surface area contributed by atoms with Crippen LogP contribution in [0.2, 0.25) is 0 Å². The van der Waals surface area contributed by atoms with E-state index in [-0.39, 0.29) is 0 Å². The van der Waals surface area contributed by atoms with Crippen molar-refractivity contribution in [3.05, 3.63) is 0 Å². The second kappa shape index (κ2) is 3.76. The molecule has 0 unspecified atom stereocenters. The highest BCUT2D eigenvalue weighted by atomic mass is 32.2. The molecule has 0 amide bonds. The first kappa shape index (κ1) is 6.58. The highest BCUT2D eigenvalue weighted by Gasteiger charge is 1.77. The maximum absolute atomic E-state index is 4.85. The van der Waals surface area contributed by atoms with Gasteiger partial charge in [-0.15, -0.1) is 11.8 Å². The minimum absolute atomic E-state index is 0.933. The first-order valence-electron chi connectivity index (χ1n) is 1.85. The predicted molar refractivity (Wildman–Crippen MR) is 35.5 cm³/mol. The Morgan fingerprint density at radius 1 is 1.86 bits per heavy atom. The molecule has 0 heterocycles. The average molecular weight is 113 g/mol. The molecule has 2 heteroatoms. The monoisotopic (exact) mass is 113 g/mol. The van der Waals surface area contributed by atoms with E-state index in [1.54, 1.807) is 11.8 Å². The van der Waals surface area contributed by atoms with Crippen molar-refractivity contribution in [1.29, 1.82) is 0 Å². The smallest absolute Gasteiger partial charge is 0.0805 e. The Morgan fingerprint density at radius 3 is 2.57 bits per heavy atom. The Bertz CT molecular complexity index is 110. The van der Waals surface area contributed by atoms with Gasteiger partial charge in [0.2, 0.25) is 0 Å². The number of hydrogen-bond acceptors (Lipinski definition) is 2. The summed E-state index contributed by atoms with van der Waals surface area (Å²) in [4.78, 5) is 3.65. The first-order valence-corrected chi connectivity index (χ1v) is 3.07. The van der Waals surface area contributed by atoms with Crippen molar-refractivity contribution in [3.8, 4) is 12.5 Å². The lowest BCUT2D eigenvalue weighted by Gasteiger charge is -1.82. The van der Waals surface area contributed by atoms with Crippen molar-refractivity contribution >= 4 is 16.8 Å². The van der Waals surface area contributed by atoms with Crippen molar-refractivity contribution in [3.63, 3.8) is 0 Å². The van der Waals surface area contributed by atoms with Gasteiger partial charge in [0.05, 0.1) is 5.04 Å². The standard InChI is InChI=1S/C5H7NS/c1-4-6-5(2)7-3/h1H,2-3H3/b6-5-. The van der Waals surface area contributed by atoms with Gasteiger partial charge in [-0.3, -0.25) is 0 Å². The van der Waals surface area contributed by atoms with E-state index in [1.165, 1.54) is 0 Å². The number of nitrogens with zero attached hydrogens (tertiary/aromatic N) is 1. The Morgan fingerprint density at radius 2 is 2.43 bits per heavy atom. The molecule has 0 radical (unpaired) electrons. The van der Waals surface area contributed by atoms with Gasteiger partial charge in [-0.2, -0.15) is 4.99 Å². The average Bonchev–Trinajstić information content (AvgIpc) is 1.68. The number of hydrogen-bond donors (Lipinski definition) is 0. The van der Waals surface area contributed by atoms with Gasteiger partial charge < -0.3 is 0 Å². The van der Waals surface area contributed by atoms with E-state index < -0.39 is 0 Å². The number of aliphatic imine (C=N–C) groups is 1. The number of thioether (sulfide) groups is 1. The largest absolute Gasteiger partial charge is 0.196 e. The molecule has 0 aromatic heterocycles. The molecule has 7 heavy (non-hydrogen) atoms. The van der Waals surface area contributed by atoms with E-state index in [9.17, 15) is 0 Å². The second-order valence-corrected chi connectivity index (χ2v) is 1.96. The lowest BCUT2D eigenvalue weighted by atomic mass is 10.9. The van der Waals surface area contributed by atoms with Crippen LogP contribution in [0.5, 0.6) is 0 Å². The summed E-state index contributed by atoms with van der Waals surface area (Å²) in [5.41, 5.74) is 0. The molecule has 0 saturated heterocycles. The van der Waals surface area contributed by atoms with Crippen molar-refractivity contribution < 1.29 is 0 Å². The minimum Gasteiger partial charge on any atom is -0.196 e. The zero-order chi connectivity index (χ0) is 5.70. The molecule has 0 saturated carbocycles. The van der Waals surface area contributed by atoms with Crippen LogP contribution < -0.4 is 0 Å². The zero-order valence-electron chi connectivity index (χ0n) is 4.43. The Labute approximate surface area is 48.2 Å². The van der Waals surface area contributed by atoms with Crippen molar-refractivity contribution in [2.75, 3.05) is 6.26 Å². The molecule has 0 aliphatic rings. The zero-order valence-corrected chi connectivity index (χ0v) is 5.25. The summed E-state index contributed by atoms with van der Waals surface area (Å²) in [5.74, 6) is 0. The van der Waals surface area contributed by atoms with Gasteiger partial charge in [-0.05, 0) is 13.2 Å². The summed E-state index contributed by atoms with van der Waals surface area (Å²) in [6.45, 7) is 1.88. The highest BCUT2D eigenvalue weighted by molar-refractivity contribution is 8.13. The van der Waals surface area contributed by atoms with Gasteiger partial charge in [0, 0.05) is 6.04 Å². The van der Waals surface area contributed by atoms with E-state index in [0.717, 1.165) is 5.04 Å². The van der Waals surface area contributed by atoms with Gasteiger partial charge in [0.1, 0.15) is 0 Å². The van der Waals surface area contributed by atoms with Gasteiger partial charge in [-0.1, -0.05) is 6.42 Å². The van der Waals surface area contributed by atoms with Crippen LogP contribution in [0.25, 0.3) is 0 Å².